The molecular formula is C19H24N2O4. The van der Waals surface area contributed by atoms with Crippen LogP contribution in [0.25, 0.3) is 0 Å². The van der Waals surface area contributed by atoms with Crippen LogP contribution in [0.4, 0.5) is 0 Å². The number of hydrogen-bond acceptors (Lipinski definition) is 4. The van der Waals surface area contributed by atoms with Gasteiger partial charge in [-0.25, -0.2) is 9.59 Å². The maximum atomic E-state index is 9.10. The fourth-order valence-corrected chi connectivity index (χ4v) is 1.98. The zero-order valence-corrected chi connectivity index (χ0v) is 14.7. The Labute approximate surface area is 147 Å². The highest BCUT2D eigenvalue weighted by Crippen LogP contribution is 2.22. The van der Waals surface area contributed by atoms with Gasteiger partial charge in [0.1, 0.15) is 0 Å². The van der Waals surface area contributed by atoms with E-state index in [0.717, 1.165) is 13.1 Å². The lowest BCUT2D eigenvalue weighted by atomic mass is 9.87. The van der Waals surface area contributed by atoms with Crippen LogP contribution in [0.2, 0.25) is 0 Å². The molecule has 0 aliphatic rings. The summed E-state index contributed by atoms with van der Waals surface area (Å²) in [6, 6.07) is 12.9. The summed E-state index contributed by atoms with van der Waals surface area (Å²) in [5.41, 5.74) is 4.14. The van der Waals surface area contributed by atoms with E-state index in [0.29, 0.717) is 0 Å². The second-order valence-corrected chi connectivity index (χ2v) is 6.52. The van der Waals surface area contributed by atoms with Crippen molar-refractivity contribution in [2.75, 3.05) is 0 Å². The lowest BCUT2D eigenvalue weighted by Gasteiger charge is -2.19. The van der Waals surface area contributed by atoms with Gasteiger partial charge >= 0.3 is 11.9 Å². The van der Waals surface area contributed by atoms with Crippen molar-refractivity contribution in [1.29, 1.82) is 0 Å². The van der Waals surface area contributed by atoms with Crippen LogP contribution >= 0.6 is 0 Å². The van der Waals surface area contributed by atoms with Gasteiger partial charge in [-0.1, -0.05) is 51.1 Å². The van der Waals surface area contributed by atoms with Gasteiger partial charge in [0.15, 0.2) is 0 Å². The normalized spacial score (nSPS) is 10.5. The summed E-state index contributed by atoms with van der Waals surface area (Å²) in [6.07, 6.45) is 3.70. The number of rotatable bonds is 4. The number of carboxylic acids is 2. The average molecular weight is 344 g/mol. The number of aromatic nitrogens is 1. The Kier molecular flexibility index (Phi) is 7.75. The highest BCUT2D eigenvalue weighted by Gasteiger charge is 2.12. The molecule has 0 aliphatic carbocycles. The Bertz CT molecular complexity index is 665. The quantitative estimate of drug-likeness (QED) is 0.738. The van der Waals surface area contributed by atoms with Gasteiger partial charge in [0.05, 0.1) is 0 Å². The average Bonchev–Trinajstić information content (AvgIpc) is 2.56. The monoisotopic (exact) mass is 344 g/mol. The van der Waals surface area contributed by atoms with Crippen LogP contribution in [0.5, 0.6) is 0 Å². The standard InChI is InChI=1S/C17H22N2.C2H2O4/c1-17(2,3)16-8-6-14(7-9-16)11-19-13-15-5-4-10-18-12-15;3-1(4)2(5)6/h4-10,12,19H,11,13H2,1-3H3;(H,3,4)(H,5,6). The maximum Gasteiger partial charge on any atom is 0.414 e. The summed E-state index contributed by atoms with van der Waals surface area (Å²) in [4.78, 5) is 22.3. The second kappa shape index (κ2) is 9.54. The summed E-state index contributed by atoms with van der Waals surface area (Å²) in [5, 5.41) is 18.2. The van der Waals surface area contributed by atoms with Gasteiger partial charge in [0, 0.05) is 25.5 Å². The molecule has 134 valence electrons. The highest BCUT2D eigenvalue weighted by molar-refractivity contribution is 6.27. The Hall–Kier alpha value is -2.73. The molecule has 0 bridgehead atoms. The summed E-state index contributed by atoms with van der Waals surface area (Å²) in [7, 11) is 0. The third-order valence-electron chi connectivity index (χ3n) is 3.38. The number of nitrogens with one attached hydrogen (secondary N) is 1. The third-order valence-corrected chi connectivity index (χ3v) is 3.38. The first kappa shape index (κ1) is 20.3. The Balaban J connectivity index is 0.000000450. The molecule has 1 aromatic carbocycles. The van der Waals surface area contributed by atoms with E-state index in [9.17, 15) is 0 Å². The molecule has 2 aromatic rings. The molecule has 0 saturated carbocycles. The van der Waals surface area contributed by atoms with E-state index in [-0.39, 0.29) is 5.41 Å². The zero-order valence-electron chi connectivity index (χ0n) is 14.7. The minimum absolute atomic E-state index is 0.224. The lowest BCUT2D eigenvalue weighted by molar-refractivity contribution is -0.159. The van der Waals surface area contributed by atoms with Crippen LogP contribution in [0.15, 0.2) is 48.8 Å². The van der Waals surface area contributed by atoms with Crippen molar-refractivity contribution < 1.29 is 19.8 Å². The molecule has 0 atom stereocenters. The van der Waals surface area contributed by atoms with Crippen molar-refractivity contribution >= 4 is 11.9 Å². The van der Waals surface area contributed by atoms with Crippen molar-refractivity contribution in [2.24, 2.45) is 0 Å². The Morgan fingerprint density at radius 3 is 1.96 bits per heavy atom. The van der Waals surface area contributed by atoms with E-state index in [1.807, 2.05) is 12.3 Å². The van der Waals surface area contributed by atoms with Crippen molar-refractivity contribution in [3.05, 3.63) is 65.5 Å². The fourth-order valence-electron chi connectivity index (χ4n) is 1.98. The largest absolute Gasteiger partial charge is 0.473 e. The molecule has 0 spiro atoms. The predicted molar refractivity (Wildman–Crippen MR) is 95.2 cm³/mol. The van der Waals surface area contributed by atoms with Gasteiger partial charge in [-0.15, -0.1) is 0 Å². The van der Waals surface area contributed by atoms with E-state index >= 15 is 0 Å². The summed E-state index contributed by atoms with van der Waals surface area (Å²) in [6.45, 7) is 8.46. The molecule has 25 heavy (non-hydrogen) atoms. The minimum Gasteiger partial charge on any atom is -0.473 e. The van der Waals surface area contributed by atoms with Crippen LogP contribution in [0, 0.1) is 0 Å². The molecule has 1 heterocycles. The van der Waals surface area contributed by atoms with Gasteiger partial charge < -0.3 is 15.5 Å². The lowest BCUT2D eigenvalue weighted by Crippen LogP contribution is -2.14. The third kappa shape index (κ3) is 8.08. The van der Waals surface area contributed by atoms with E-state index in [1.54, 1.807) is 6.20 Å². The number of hydrogen-bond donors (Lipinski definition) is 3. The number of carboxylic acid groups (broad SMARTS) is 2. The minimum atomic E-state index is -1.82. The molecule has 1 aromatic heterocycles. The molecule has 6 heteroatoms. The molecule has 2 rings (SSSR count). The number of nitrogens with zero attached hydrogens (tertiary/aromatic N) is 1. The van der Waals surface area contributed by atoms with Crippen LogP contribution in [0.1, 0.15) is 37.5 Å². The zero-order chi connectivity index (χ0) is 18.9. The van der Waals surface area contributed by atoms with Gasteiger partial charge in [-0.2, -0.15) is 0 Å². The van der Waals surface area contributed by atoms with E-state index in [1.165, 1.54) is 16.7 Å². The number of pyridine rings is 1. The van der Waals surface area contributed by atoms with Gasteiger partial charge in [0.2, 0.25) is 0 Å². The van der Waals surface area contributed by atoms with E-state index in [4.69, 9.17) is 19.8 Å². The first-order valence-electron chi connectivity index (χ1n) is 7.85. The smallest absolute Gasteiger partial charge is 0.414 e. The van der Waals surface area contributed by atoms with Crippen molar-refractivity contribution in [1.82, 2.24) is 10.3 Å². The first-order chi connectivity index (χ1) is 11.7. The molecule has 0 fully saturated rings. The van der Waals surface area contributed by atoms with Crippen LogP contribution in [-0.4, -0.2) is 27.1 Å². The molecule has 6 nitrogen and oxygen atoms in total. The number of carbonyl (C=O) groups is 2. The van der Waals surface area contributed by atoms with Crippen molar-refractivity contribution in [3.63, 3.8) is 0 Å². The molecule has 3 N–H and O–H groups in total. The molecule has 0 unspecified atom stereocenters. The highest BCUT2D eigenvalue weighted by atomic mass is 16.4. The Morgan fingerprint density at radius 1 is 0.960 bits per heavy atom. The van der Waals surface area contributed by atoms with Crippen LogP contribution in [0.3, 0.4) is 0 Å². The second-order valence-electron chi connectivity index (χ2n) is 6.52. The number of aliphatic carboxylic acids is 2. The van der Waals surface area contributed by atoms with Gasteiger partial charge in [0.25, 0.3) is 0 Å². The van der Waals surface area contributed by atoms with E-state index in [2.05, 4.69) is 61.4 Å². The van der Waals surface area contributed by atoms with Gasteiger partial charge in [-0.05, 0) is 28.2 Å². The molecule has 0 radical (unpaired) electrons. The Morgan fingerprint density at radius 2 is 1.52 bits per heavy atom. The fraction of sp³-hybridized carbons (Fsp3) is 0.316. The molecule has 0 saturated heterocycles. The van der Waals surface area contributed by atoms with Gasteiger partial charge in [-0.3, -0.25) is 4.98 Å². The molecule has 0 aliphatic heterocycles. The predicted octanol–water partition coefficient (Wildman–Crippen LogP) is 2.82. The van der Waals surface area contributed by atoms with Crippen molar-refractivity contribution in [3.8, 4) is 0 Å². The van der Waals surface area contributed by atoms with E-state index < -0.39 is 11.9 Å². The maximum absolute atomic E-state index is 9.10. The molecule has 0 amide bonds. The first-order valence-corrected chi connectivity index (χ1v) is 7.85. The topological polar surface area (TPSA) is 99.5 Å². The summed E-state index contributed by atoms with van der Waals surface area (Å²) < 4.78 is 0. The SMILES string of the molecule is CC(C)(C)c1ccc(CNCc2cccnc2)cc1.O=C(O)C(=O)O. The van der Waals surface area contributed by atoms with Crippen LogP contribution in [-0.2, 0) is 28.1 Å². The summed E-state index contributed by atoms with van der Waals surface area (Å²) in [5.74, 6) is -3.65. The summed E-state index contributed by atoms with van der Waals surface area (Å²) >= 11 is 0. The molecular weight excluding hydrogens is 320 g/mol. The van der Waals surface area contributed by atoms with Crippen molar-refractivity contribution in [2.45, 2.75) is 39.3 Å². The number of benzene rings is 1. The van der Waals surface area contributed by atoms with Crippen LogP contribution < -0.4 is 5.32 Å².